The highest BCUT2D eigenvalue weighted by molar-refractivity contribution is 5.93. The lowest BCUT2D eigenvalue weighted by Gasteiger charge is -2.30. The van der Waals surface area contributed by atoms with Crippen molar-refractivity contribution in [2.45, 2.75) is 44.3 Å². The van der Waals surface area contributed by atoms with Crippen LogP contribution in [0.2, 0.25) is 0 Å². The van der Waals surface area contributed by atoms with Crippen LogP contribution in [0.5, 0.6) is 0 Å². The summed E-state index contributed by atoms with van der Waals surface area (Å²) in [4.78, 5) is 49.2. The van der Waals surface area contributed by atoms with Gasteiger partial charge in [0.2, 0.25) is 0 Å². The number of nitrogens with zero attached hydrogens (tertiary/aromatic N) is 5. The summed E-state index contributed by atoms with van der Waals surface area (Å²) in [5.41, 5.74) is 8.46. The van der Waals surface area contributed by atoms with Gasteiger partial charge in [-0.25, -0.2) is 28.1 Å². The number of benzene rings is 2. The standard InChI is InChI=1S/C34H29F2N7O3.ClH/c35-23-8-13-30-40-29(19-41(30)18-23)32(44)39-25-9-11-26(12-10-25)43-33(45)28-15-24(36)17-38-31(28)42(34(43)46)27-3-1-2-22(14-27)21-6-4-20(16-37)5-7-21;/h1-8,13-15,17-19,25-26H,9-12,16,37H2,(H,39,44);1H. The van der Waals surface area contributed by atoms with Crippen LogP contribution in [0.25, 0.3) is 33.5 Å². The maximum atomic E-state index is 14.4. The van der Waals surface area contributed by atoms with Gasteiger partial charge < -0.3 is 15.5 Å². The van der Waals surface area contributed by atoms with Crippen LogP contribution in [0.1, 0.15) is 47.8 Å². The molecule has 1 fully saturated rings. The lowest BCUT2D eigenvalue weighted by atomic mass is 9.90. The average molecular weight is 658 g/mol. The molecular formula is C34H30ClF2N7O3. The first-order chi connectivity index (χ1) is 22.3. The first-order valence-electron chi connectivity index (χ1n) is 15.0. The van der Waals surface area contributed by atoms with Crippen molar-refractivity contribution in [3.8, 4) is 16.8 Å². The Hall–Kier alpha value is -5.20. The van der Waals surface area contributed by atoms with E-state index >= 15 is 0 Å². The second-order valence-electron chi connectivity index (χ2n) is 11.5. The van der Waals surface area contributed by atoms with E-state index in [1.54, 1.807) is 6.07 Å². The van der Waals surface area contributed by atoms with E-state index in [1.165, 1.54) is 38.1 Å². The van der Waals surface area contributed by atoms with Crippen LogP contribution < -0.4 is 22.3 Å². The molecule has 7 rings (SSSR count). The zero-order valence-electron chi connectivity index (χ0n) is 25.0. The Bertz CT molecular complexity index is 2240. The molecule has 3 N–H and O–H groups in total. The molecule has 4 aromatic heterocycles. The Morgan fingerprint density at radius 3 is 2.43 bits per heavy atom. The molecule has 2 aromatic carbocycles. The molecule has 1 aliphatic rings. The van der Waals surface area contributed by atoms with E-state index in [9.17, 15) is 23.2 Å². The molecular weight excluding hydrogens is 628 g/mol. The molecule has 0 unspecified atom stereocenters. The third kappa shape index (κ3) is 6.05. The van der Waals surface area contributed by atoms with Crippen molar-refractivity contribution >= 4 is 35.0 Å². The first-order valence-corrected chi connectivity index (χ1v) is 15.0. The number of carbonyl (C=O) groups is 1. The molecule has 0 bridgehead atoms. The van der Waals surface area contributed by atoms with Crippen molar-refractivity contribution in [2.24, 2.45) is 5.73 Å². The van der Waals surface area contributed by atoms with E-state index < -0.39 is 34.8 Å². The van der Waals surface area contributed by atoms with Crippen molar-refractivity contribution in [1.29, 1.82) is 0 Å². The number of aromatic nitrogens is 5. The summed E-state index contributed by atoms with van der Waals surface area (Å²) in [6, 6.07) is 18.3. The maximum absolute atomic E-state index is 14.4. The molecule has 47 heavy (non-hydrogen) atoms. The Labute approximate surface area is 272 Å². The molecule has 0 radical (unpaired) electrons. The predicted octanol–water partition coefficient (Wildman–Crippen LogP) is 4.93. The van der Waals surface area contributed by atoms with Crippen molar-refractivity contribution in [2.75, 3.05) is 0 Å². The summed E-state index contributed by atoms with van der Waals surface area (Å²) < 4.78 is 32.0. The molecule has 0 saturated heterocycles. The van der Waals surface area contributed by atoms with E-state index in [-0.39, 0.29) is 35.2 Å². The monoisotopic (exact) mass is 657 g/mol. The maximum Gasteiger partial charge on any atom is 0.337 e. The molecule has 1 saturated carbocycles. The van der Waals surface area contributed by atoms with E-state index in [2.05, 4.69) is 15.3 Å². The Kier molecular flexibility index (Phi) is 8.71. The zero-order valence-corrected chi connectivity index (χ0v) is 25.8. The van der Waals surface area contributed by atoms with Crippen LogP contribution in [0, 0.1) is 11.6 Å². The summed E-state index contributed by atoms with van der Waals surface area (Å²) in [6.07, 6.45) is 5.56. The van der Waals surface area contributed by atoms with Gasteiger partial charge in [0.05, 0.1) is 17.3 Å². The number of amides is 1. The van der Waals surface area contributed by atoms with E-state index in [4.69, 9.17) is 5.73 Å². The highest BCUT2D eigenvalue weighted by atomic mass is 35.5. The second-order valence-corrected chi connectivity index (χ2v) is 11.5. The van der Waals surface area contributed by atoms with Crippen molar-refractivity contribution in [3.63, 3.8) is 0 Å². The minimum Gasteiger partial charge on any atom is -0.348 e. The third-order valence-corrected chi connectivity index (χ3v) is 8.56. The van der Waals surface area contributed by atoms with Crippen LogP contribution in [0.3, 0.4) is 0 Å². The number of fused-ring (bicyclic) bond motifs is 2. The van der Waals surface area contributed by atoms with Gasteiger partial charge in [-0.3, -0.25) is 14.2 Å². The normalized spacial score (nSPS) is 16.2. The van der Waals surface area contributed by atoms with Crippen molar-refractivity contribution in [3.05, 3.63) is 129 Å². The molecule has 0 aliphatic heterocycles. The molecule has 1 amide bonds. The Balaban J connectivity index is 0.00000386. The second kappa shape index (κ2) is 12.9. The summed E-state index contributed by atoms with van der Waals surface area (Å²) >= 11 is 0. The molecule has 6 aromatic rings. The molecule has 0 atom stereocenters. The lowest BCUT2D eigenvalue weighted by molar-refractivity contribution is 0.0917. The fourth-order valence-electron chi connectivity index (χ4n) is 6.21. The minimum absolute atomic E-state index is 0. The summed E-state index contributed by atoms with van der Waals surface area (Å²) in [5, 5.41) is 2.97. The predicted molar refractivity (Wildman–Crippen MR) is 176 cm³/mol. The highest BCUT2D eigenvalue weighted by Gasteiger charge is 2.28. The zero-order chi connectivity index (χ0) is 31.9. The van der Waals surface area contributed by atoms with Gasteiger partial charge in [-0.15, -0.1) is 12.4 Å². The molecule has 13 heteroatoms. The van der Waals surface area contributed by atoms with Crippen LogP contribution >= 0.6 is 12.4 Å². The number of pyridine rings is 2. The van der Waals surface area contributed by atoms with Gasteiger partial charge in [-0.2, -0.15) is 0 Å². The number of carbonyl (C=O) groups excluding carboxylic acids is 1. The van der Waals surface area contributed by atoms with E-state index in [0.29, 0.717) is 43.6 Å². The van der Waals surface area contributed by atoms with Gasteiger partial charge in [-0.05, 0) is 72.7 Å². The molecule has 4 heterocycles. The quantitative estimate of drug-likeness (QED) is 0.261. The highest BCUT2D eigenvalue weighted by Crippen LogP contribution is 2.28. The van der Waals surface area contributed by atoms with E-state index in [0.717, 1.165) is 29.0 Å². The Morgan fingerprint density at radius 2 is 1.68 bits per heavy atom. The van der Waals surface area contributed by atoms with Gasteiger partial charge in [0.15, 0.2) is 5.65 Å². The number of imidazole rings is 1. The Morgan fingerprint density at radius 1 is 0.915 bits per heavy atom. The summed E-state index contributed by atoms with van der Waals surface area (Å²) in [6.45, 7) is 0.421. The fraction of sp³-hybridized carbons (Fsp3) is 0.206. The van der Waals surface area contributed by atoms with Crippen molar-refractivity contribution in [1.82, 2.24) is 28.8 Å². The van der Waals surface area contributed by atoms with Gasteiger partial charge in [0, 0.05) is 31.0 Å². The van der Waals surface area contributed by atoms with Crippen LogP contribution in [0.15, 0.2) is 94.9 Å². The average Bonchev–Trinajstić information content (AvgIpc) is 3.50. The lowest BCUT2D eigenvalue weighted by Crippen LogP contribution is -2.45. The fourth-order valence-corrected chi connectivity index (χ4v) is 6.21. The molecule has 10 nitrogen and oxygen atoms in total. The first kappa shape index (κ1) is 31.8. The van der Waals surface area contributed by atoms with Crippen LogP contribution in [0.4, 0.5) is 8.78 Å². The van der Waals surface area contributed by atoms with Crippen LogP contribution in [-0.2, 0) is 6.54 Å². The summed E-state index contributed by atoms with van der Waals surface area (Å²) in [5.74, 6) is -1.52. The molecule has 1 aliphatic carbocycles. The van der Waals surface area contributed by atoms with Gasteiger partial charge in [0.25, 0.3) is 11.5 Å². The SMILES string of the molecule is Cl.NCc1ccc(-c2cccc(-n3c(=O)n(C4CCC(NC(=O)c5cn6cc(F)ccc6n5)CC4)c(=O)c4cc(F)cnc43)c2)cc1. The topological polar surface area (TPSA) is 129 Å². The smallest absolute Gasteiger partial charge is 0.337 e. The third-order valence-electron chi connectivity index (χ3n) is 8.56. The summed E-state index contributed by atoms with van der Waals surface area (Å²) in [7, 11) is 0. The van der Waals surface area contributed by atoms with Crippen LogP contribution in [-0.4, -0.2) is 35.5 Å². The molecule has 240 valence electrons. The number of nitrogens with one attached hydrogen (secondary N) is 1. The number of nitrogens with two attached hydrogens (primary N) is 1. The largest absolute Gasteiger partial charge is 0.348 e. The van der Waals surface area contributed by atoms with Gasteiger partial charge >= 0.3 is 5.69 Å². The van der Waals surface area contributed by atoms with Gasteiger partial charge in [0.1, 0.15) is 23.0 Å². The number of rotatable bonds is 6. The number of halogens is 3. The number of hydrogen-bond donors (Lipinski definition) is 2. The molecule has 0 spiro atoms. The van der Waals surface area contributed by atoms with Gasteiger partial charge in [-0.1, -0.05) is 36.4 Å². The minimum atomic E-state index is -0.684. The van der Waals surface area contributed by atoms with Crippen molar-refractivity contribution < 1.29 is 13.6 Å². The number of hydrogen-bond acceptors (Lipinski definition) is 6. The van der Waals surface area contributed by atoms with E-state index in [1.807, 2.05) is 42.5 Å².